The van der Waals surface area contributed by atoms with Crippen molar-refractivity contribution < 1.29 is 0 Å². The Hall–Kier alpha value is -0.770. The van der Waals surface area contributed by atoms with E-state index in [1.54, 1.807) is 18.3 Å². The molecule has 3 nitrogen and oxygen atoms in total. The molecule has 0 saturated carbocycles. The molecule has 1 N–H and O–H groups in total. The van der Waals surface area contributed by atoms with E-state index in [9.17, 15) is 0 Å². The van der Waals surface area contributed by atoms with Crippen molar-refractivity contribution in [3.8, 4) is 0 Å². The molecular formula is C5H4BrN3. The number of hydrogen-bond acceptors (Lipinski definition) is 3. The third kappa shape index (κ3) is 1.57. The molecule has 0 spiro atoms. The third-order valence-corrected chi connectivity index (χ3v) is 1.32. The summed E-state index contributed by atoms with van der Waals surface area (Å²) in [5.74, 6) is 0.421. The summed E-state index contributed by atoms with van der Waals surface area (Å²) in [6.45, 7) is 0. The first-order valence-corrected chi connectivity index (χ1v) is 3.11. The Morgan fingerprint density at radius 2 is 2.44 bits per heavy atom. The minimum absolute atomic E-state index is 0.421. The summed E-state index contributed by atoms with van der Waals surface area (Å²) in [7, 11) is 0. The molecule has 0 aliphatic heterocycles. The number of halogens is 1. The minimum Gasteiger partial charge on any atom is -0.236 e. The van der Waals surface area contributed by atoms with Crippen molar-refractivity contribution in [1.82, 2.24) is 4.98 Å². The van der Waals surface area contributed by atoms with Crippen LogP contribution in [0.1, 0.15) is 0 Å². The van der Waals surface area contributed by atoms with Crippen LogP contribution >= 0.6 is 15.9 Å². The van der Waals surface area contributed by atoms with Gasteiger partial charge in [-0.3, -0.25) is 0 Å². The van der Waals surface area contributed by atoms with Crippen molar-refractivity contribution in [1.29, 1.82) is 5.53 Å². The van der Waals surface area contributed by atoms with E-state index in [0.717, 1.165) is 4.47 Å². The van der Waals surface area contributed by atoms with E-state index in [-0.39, 0.29) is 0 Å². The number of hydrogen-bond donors (Lipinski definition) is 1. The monoisotopic (exact) mass is 185 g/mol. The van der Waals surface area contributed by atoms with Gasteiger partial charge in [0.1, 0.15) is 0 Å². The largest absolute Gasteiger partial charge is 0.236 e. The summed E-state index contributed by atoms with van der Waals surface area (Å²) in [5.41, 5.74) is 6.58. The van der Waals surface area contributed by atoms with E-state index in [1.165, 1.54) is 0 Å². The van der Waals surface area contributed by atoms with Crippen molar-refractivity contribution in [2.45, 2.75) is 0 Å². The average Bonchev–Trinajstić information content (AvgIpc) is 1.88. The van der Waals surface area contributed by atoms with Crippen LogP contribution in [0.5, 0.6) is 0 Å². The topological polar surface area (TPSA) is 49.1 Å². The predicted molar refractivity (Wildman–Crippen MR) is 36.7 cm³/mol. The molecule has 0 unspecified atom stereocenters. The fourth-order valence-corrected chi connectivity index (χ4v) is 0.778. The number of nitrogens with zero attached hydrogens (tertiary/aromatic N) is 2. The maximum Gasteiger partial charge on any atom is 0.174 e. The van der Waals surface area contributed by atoms with Crippen LogP contribution in [0.4, 0.5) is 5.82 Å². The standard InChI is InChI=1S/C5H4BrN3/c6-4-1-2-8-5(3-4)9-7/h1-3,7H. The van der Waals surface area contributed by atoms with Gasteiger partial charge in [-0.2, -0.15) is 0 Å². The fraction of sp³-hybridized carbons (Fsp3) is 0. The Bertz CT molecular complexity index is 223. The van der Waals surface area contributed by atoms with Gasteiger partial charge in [-0.05, 0) is 12.1 Å². The van der Waals surface area contributed by atoms with E-state index >= 15 is 0 Å². The van der Waals surface area contributed by atoms with Crippen molar-refractivity contribution in [2.24, 2.45) is 5.11 Å². The molecule has 0 radical (unpaired) electrons. The van der Waals surface area contributed by atoms with Gasteiger partial charge in [-0.1, -0.05) is 15.9 Å². The highest BCUT2D eigenvalue weighted by Crippen LogP contribution is 2.14. The second-order valence-corrected chi connectivity index (χ2v) is 2.36. The molecular weight excluding hydrogens is 182 g/mol. The molecule has 46 valence electrons. The van der Waals surface area contributed by atoms with E-state index in [4.69, 9.17) is 5.53 Å². The quantitative estimate of drug-likeness (QED) is 0.673. The Morgan fingerprint density at radius 3 is 2.89 bits per heavy atom. The van der Waals surface area contributed by atoms with Gasteiger partial charge < -0.3 is 0 Å². The van der Waals surface area contributed by atoms with Crippen LogP contribution in [0, 0.1) is 5.53 Å². The highest BCUT2D eigenvalue weighted by Gasteiger charge is 1.88. The van der Waals surface area contributed by atoms with Crippen LogP contribution in [-0.2, 0) is 0 Å². The zero-order chi connectivity index (χ0) is 6.69. The zero-order valence-electron chi connectivity index (χ0n) is 4.50. The van der Waals surface area contributed by atoms with Crippen LogP contribution < -0.4 is 0 Å². The van der Waals surface area contributed by atoms with E-state index in [2.05, 4.69) is 26.0 Å². The lowest BCUT2D eigenvalue weighted by Crippen LogP contribution is -1.69. The first-order valence-electron chi connectivity index (χ1n) is 2.32. The summed E-state index contributed by atoms with van der Waals surface area (Å²) >= 11 is 3.22. The van der Waals surface area contributed by atoms with Crippen LogP contribution in [-0.4, -0.2) is 4.98 Å². The number of nitrogens with one attached hydrogen (secondary N) is 1. The second-order valence-electron chi connectivity index (χ2n) is 1.44. The van der Waals surface area contributed by atoms with Crippen LogP contribution in [0.3, 0.4) is 0 Å². The Morgan fingerprint density at radius 1 is 1.67 bits per heavy atom. The van der Waals surface area contributed by atoms with Gasteiger partial charge >= 0.3 is 0 Å². The smallest absolute Gasteiger partial charge is 0.174 e. The summed E-state index contributed by atoms with van der Waals surface area (Å²) in [5, 5.41) is 3.14. The normalized spacial score (nSPS) is 9.00. The number of pyridine rings is 1. The van der Waals surface area contributed by atoms with Crippen LogP contribution in [0.25, 0.3) is 0 Å². The van der Waals surface area contributed by atoms with Gasteiger partial charge in [-0.15, -0.1) is 5.11 Å². The lowest BCUT2D eigenvalue weighted by atomic mass is 10.5. The molecule has 0 aliphatic rings. The summed E-state index contributed by atoms with van der Waals surface area (Å²) in [6, 6.07) is 3.46. The first kappa shape index (κ1) is 6.35. The number of aromatic nitrogens is 1. The van der Waals surface area contributed by atoms with Crippen molar-refractivity contribution in [3.05, 3.63) is 22.8 Å². The molecule has 9 heavy (non-hydrogen) atoms. The average molecular weight is 186 g/mol. The molecule has 0 amide bonds. The highest BCUT2D eigenvalue weighted by molar-refractivity contribution is 9.10. The van der Waals surface area contributed by atoms with Gasteiger partial charge in [0.05, 0.1) is 0 Å². The van der Waals surface area contributed by atoms with Gasteiger partial charge in [0.2, 0.25) is 0 Å². The van der Waals surface area contributed by atoms with E-state index < -0.39 is 0 Å². The third-order valence-electron chi connectivity index (χ3n) is 0.822. The molecule has 0 atom stereocenters. The molecule has 0 aromatic carbocycles. The Labute approximate surface area is 60.8 Å². The molecule has 0 fully saturated rings. The Balaban J connectivity index is 3.07. The molecule has 1 aromatic rings. The predicted octanol–water partition coefficient (Wildman–Crippen LogP) is 2.51. The molecule has 4 heteroatoms. The molecule has 1 rings (SSSR count). The lowest BCUT2D eigenvalue weighted by molar-refractivity contribution is 1.09. The molecule has 0 saturated heterocycles. The first-order chi connectivity index (χ1) is 4.33. The summed E-state index contributed by atoms with van der Waals surface area (Å²) in [4.78, 5) is 3.77. The molecule has 1 heterocycles. The van der Waals surface area contributed by atoms with Crippen molar-refractivity contribution in [2.75, 3.05) is 0 Å². The van der Waals surface area contributed by atoms with Gasteiger partial charge in [0.15, 0.2) is 5.82 Å². The fourth-order valence-electron chi connectivity index (χ4n) is 0.455. The van der Waals surface area contributed by atoms with E-state index in [0.29, 0.717) is 5.82 Å². The van der Waals surface area contributed by atoms with Crippen molar-refractivity contribution >= 4 is 21.7 Å². The Kier molecular flexibility index (Phi) is 1.89. The van der Waals surface area contributed by atoms with Gasteiger partial charge in [0.25, 0.3) is 0 Å². The lowest BCUT2D eigenvalue weighted by Gasteiger charge is -1.88. The molecule has 1 aromatic heterocycles. The van der Waals surface area contributed by atoms with Gasteiger partial charge in [0, 0.05) is 10.7 Å². The van der Waals surface area contributed by atoms with Gasteiger partial charge in [-0.25, -0.2) is 10.5 Å². The van der Waals surface area contributed by atoms with Crippen LogP contribution in [0.15, 0.2) is 27.9 Å². The van der Waals surface area contributed by atoms with E-state index in [1.807, 2.05) is 0 Å². The second kappa shape index (κ2) is 2.68. The molecule has 0 bridgehead atoms. The van der Waals surface area contributed by atoms with Crippen molar-refractivity contribution in [3.63, 3.8) is 0 Å². The summed E-state index contributed by atoms with van der Waals surface area (Å²) in [6.07, 6.45) is 1.59. The zero-order valence-corrected chi connectivity index (χ0v) is 6.09. The maximum atomic E-state index is 6.58. The summed E-state index contributed by atoms with van der Waals surface area (Å²) < 4.78 is 0.892. The highest BCUT2D eigenvalue weighted by atomic mass is 79.9. The minimum atomic E-state index is 0.421. The SMILES string of the molecule is N=Nc1cc(Br)ccn1. The van der Waals surface area contributed by atoms with Crippen LogP contribution in [0.2, 0.25) is 0 Å². The number of rotatable bonds is 1. The molecule has 0 aliphatic carbocycles. The maximum absolute atomic E-state index is 6.58.